The van der Waals surface area contributed by atoms with Crippen molar-refractivity contribution in [2.75, 3.05) is 0 Å². The second-order valence-electron chi connectivity index (χ2n) is 16.1. The maximum atomic E-state index is 4.96. The Labute approximate surface area is 414 Å². The van der Waals surface area contributed by atoms with Gasteiger partial charge in [0.15, 0.2) is 0 Å². The maximum Gasteiger partial charge on any atom is 3.00 e. The number of rotatable bonds is 9. The first-order valence-corrected chi connectivity index (χ1v) is 23.5. The third-order valence-corrected chi connectivity index (χ3v) is 13.7. The molecule has 0 saturated heterocycles. The van der Waals surface area contributed by atoms with Crippen molar-refractivity contribution >= 4 is 47.8 Å². The largest absolute Gasteiger partial charge is 3.00 e. The Hall–Kier alpha value is -5.14. The quantitative estimate of drug-likeness (QED) is 0.135. The van der Waals surface area contributed by atoms with Gasteiger partial charge in [-0.1, -0.05) is 170 Å². The zero-order valence-corrected chi connectivity index (χ0v) is 41.6. The van der Waals surface area contributed by atoms with Crippen molar-refractivity contribution in [1.82, 2.24) is 15.0 Å². The summed E-state index contributed by atoms with van der Waals surface area (Å²) < 4.78 is 3.03. The second kappa shape index (κ2) is 19.9. The Bertz CT molecular complexity index is 2710. The molecule has 6 aromatic carbocycles. The van der Waals surface area contributed by atoms with E-state index in [1.807, 2.05) is 55.0 Å². The molecule has 0 amide bonds. The number of aromatic nitrogens is 3. The van der Waals surface area contributed by atoms with Crippen LogP contribution < -0.4 is 0 Å². The molecule has 0 aliphatic heterocycles. The van der Waals surface area contributed by atoms with Crippen LogP contribution in [0.25, 0.3) is 67.2 Å². The van der Waals surface area contributed by atoms with E-state index in [0.717, 1.165) is 83.1 Å². The van der Waals surface area contributed by atoms with Crippen molar-refractivity contribution in [3.8, 4) is 67.2 Å². The first kappa shape index (κ1) is 44.1. The molecule has 3 heterocycles. The smallest absolute Gasteiger partial charge is 0.304 e. The molecule has 7 heteroatoms. The number of hydrogen-bond acceptors (Lipinski definition) is 3. The predicted octanol–water partition coefficient (Wildman–Crippen LogP) is 16.4. The van der Waals surface area contributed by atoms with Gasteiger partial charge in [-0.25, -0.2) is 0 Å². The molecule has 3 nitrogen and oxygen atoms in total. The second-order valence-corrected chi connectivity index (χ2v) is 18.9. The molecule has 1 aliphatic carbocycles. The van der Waals surface area contributed by atoms with Crippen molar-refractivity contribution in [2.45, 2.75) is 37.0 Å². The van der Waals surface area contributed by atoms with E-state index in [0.29, 0.717) is 0 Å². The number of hydrogen-bond donors (Lipinski definition) is 0. The van der Waals surface area contributed by atoms with Crippen molar-refractivity contribution in [1.29, 1.82) is 0 Å². The molecule has 64 heavy (non-hydrogen) atoms. The fourth-order valence-corrected chi connectivity index (χ4v) is 10.4. The topological polar surface area (TPSA) is 38.7 Å². The molecule has 0 bridgehead atoms. The van der Waals surface area contributed by atoms with Gasteiger partial charge in [-0.3, -0.25) is 0 Å². The summed E-state index contributed by atoms with van der Waals surface area (Å²) >= 11 is 10.8. The van der Waals surface area contributed by atoms with Crippen LogP contribution in [0.1, 0.15) is 53.7 Å². The van der Waals surface area contributed by atoms with Gasteiger partial charge in [0.1, 0.15) is 0 Å². The zero-order chi connectivity index (χ0) is 42.7. The number of pyridine rings is 3. The van der Waals surface area contributed by atoms with Gasteiger partial charge in [-0.05, 0) is 104 Å². The van der Waals surface area contributed by atoms with E-state index in [1.165, 1.54) is 33.4 Å². The Morgan fingerprint density at radius 2 is 0.672 bits per heavy atom. The summed E-state index contributed by atoms with van der Waals surface area (Å²) in [4.78, 5) is 14.9. The van der Waals surface area contributed by atoms with Gasteiger partial charge in [0.2, 0.25) is 0 Å². The fraction of sp³-hybridized carbons (Fsp3) is 0.105. The molecule has 1 saturated carbocycles. The molecule has 0 unspecified atom stereocenters. The molecule has 3 aromatic heterocycles. The van der Waals surface area contributed by atoms with Gasteiger partial charge in [0, 0.05) is 18.6 Å². The van der Waals surface area contributed by atoms with E-state index in [9.17, 15) is 0 Å². The first-order valence-electron chi connectivity index (χ1n) is 21.1. The van der Waals surface area contributed by atoms with Crippen molar-refractivity contribution in [3.63, 3.8) is 0 Å². The van der Waals surface area contributed by atoms with Crippen LogP contribution in [0.5, 0.6) is 0 Å². The molecule has 0 radical (unpaired) electrons. The first-order chi connectivity index (χ1) is 30.9. The molecule has 1 fully saturated rings. The molecule has 9 aromatic rings. The van der Waals surface area contributed by atoms with Gasteiger partial charge in [0.05, 0.1) is 0 Å². The molecular weight excluding hydrogens is 1160 g/mol. The van der Waals surface area contributed by atoms with Crippen LogP contribution in [0.15, 0.2) is 196 Å². The van der Waals surface area contributed by atoms with Crippen LogP contribution in [0.2, 0.25) is 0 Å². The Morgan fingerprint density at radius 3 is 0.938 bits per heavy atom. The maximum absolute atomic E-state index is 4.96. The molecular formula is C57H39Br3IrN3. The summed E-state index contributed by atoms with van der Waals surface area (Å²) in [6.07, 6.45) is 9.12. The normalized spacial score (nSPS) is 15.9. The van der Waals surface area contributed by atoms with Crippen LogP contribution in [0, 0.1) is 18.2 Å². The Kier molecular flexibility index (Phi) is 13.7. The minimum Gasteiger partial charge on any atom is -0.304 e. The predicted molar refractivity (Wildman–Crippen MR) is 267 cm³/mol. The summed E-state index contributed by atoms with van der Waals surface area (Å²) in [6, 6.07) is 67.8. The van der Waals surface area contributed by atoms with Gasteiger partial charge in [-0.2, -0.15) is 0 Å². The van der Waals surface area contributed by atoms with Crippen LogP contribution in [-0.4, -0.2) is 15.0 Å². The van der Waals surface area contributed by atoms with E-state index in [2.05, 4.69) is 193 Å². The summed E-state index contributed by atoms with van der Waals surface area (Å²) in [5, 5.41) is 0. The van der Waals surface area contributed by atoms with Crippen LogP contribution >= 0.6 is 47.8 Å². The van der Waals surface area contributed by atoms with Crippen LogP contribution in [-0.2, 0) is 20.1 Å². The van der Waals surface area contributed by atoms with E-state index in [-0.39, 0.29) is 37.9 Å². The Balaban J connectivity index is 0.00000518. The van der Waals surface area contributed by atoms with Crippen LogP contribution in [0.3, 0.4) is 0 Å². The van der Waals surface area contributed by atoms with Gasteiger partial charge in [0.25, 0.3) is 0 Å². The summed E-state index contributed by atoms with van der Waals surface area (Å²) in [5.74, 6) is 0.845. The van der Waals surface area contributed by atoms with Crippen molar-refractivity contribution in [3.05, 3.63) is 231 Å². The standard InChI is InChI=1S/C57H39Br3N3.Ir/c58-46-13-7-10-37(31-46)55-25-22-40(34-61-55)49-16-1-4-19-52(49)43-28-44(53-20-5-2-17-50(53)41-23-26-56(62-35-41)38-11-8-14-47(59)32-38)30-45(29-43)54-21-6-3-18-51(54)42-24-27-57(63-36-42)39-12-9-15-48(60)33-39;/h1-9,13-27,31-36,43-45H,28-30H2;/q-3;+3. The van der Waals surface area contributed by atoms with Gasteiger partial charge < -0.3 is 15.0 Å². The van der Waals surface area contributed by atoms with Gasteiger partial charge >= 0.3 is 20.1 Å². The number of nitrogens with zero attached hydrogens (tertiary/aromatic N) is 3. The monoisotopic (exact) mass is 1200 g/mol. The minimum absolute atomic E-state index is 0. The average molecular weight is 1200 g/mol. The van der Waals surface area contributed by atoms with Gasteiger partial charge in [-0.15, -0.1) is 89.5 Å². The third kappa shape index (κ3) is 9.61. The SMILES string of the molecule is Brc1cc[c-]c(-c2ccc(-c3ccccc3C3CC(c4ccccc4-c4ccc(-c5[c-]ccc(Br)c5)nc4)CC(c4ccccc4-c4ccc(-c5[c-]ccc(Br)c5)nc4)C3)cn2)c1.[Ir+3]. The fourth-order valence-electron chi connectivity index (χ4n) is 9.33. The molecule has 10 rings (SSSR count). The third-order valence-electron chi connectivity index (χ3n) is 12.3. The minimum atomic E-state index is 0. The summed E-state index contributed by atoms with van der Waals surface area (Å²) in [5.41, 5.74) is 16.7. The van der Waals surface area contributed by atoms with E-state index >= 15 is 0 Å². The molecule has 0 atom stereocenters. The Morgan fingerprint density at radius 1 is 0.375 bits per heavy atom. The summed E-state index contributed by atoms with van der Waals surface area (Å²) in [7, 11) is 0. The van der Waals surface area contributed by atoms with E-state index < -0.39 is 0 Å². The molecule has 0 N–H and O–H groups in total. The van der Waals surface area contributed by atoms with E-state index in [1.54, 1.807) is 0 Å². The zero-order valence-electron chi connectivity index (χ0n) is 34.5. The number of benzene rings is 6. The molecule has 312 valence electrons. The van der Waals surface area contributed by atoms with Crippen molar-refractivity contribution < 1.29 is 20.1 Å². The number of halogens is 3. The summed E-state index contributed by atoms with van der Waals surface area (Å²) in [6.45, 7) is 0. The van der Waals surface area contributed by atoms with Crippen LogP contribution in [0.4, 0.5) is 0 Å². The molecule has 0 spiro atoms. The van der Waals surface area contributed by atoms with Crippen molar-refractivity contribution in [2.24, 2.45) is 0 Å². The van der Waals surface area contributed by atoms with E-state index in [4.69, 9.17) is 15.0 Å². The average Bonchev–Trinajstić information content (AvgIpc) is 3.34. The molecule has 1 aliphatic rings.